The van der Waals surface area contributed by atoms with E-state index in [4.69, 9.17) is 5.26 Å². The zero-order chi connectivity index (χ0) is 17.4. The number of carboxylic acid groups (broad SMARTS) is 1. The Morgan fingerprint density at radius 1 is 1.26 bits per heavy atom. The van der Waals surface area contributed by atoms with Gasteiger partial charge >= 0.3 is 21.6 Å². The van der Waals surface area contributed by atoms with Crippen LogP contribution in [0, 0.1) is 11.3 Å². The summed E-state index contributed by atoms with van der Waals surface area (Å²) >= 11 is 0. The maximum Gasteiger partial charge on any atom is 0.534 e. The number of benzene rings is 2. The average Bonchev–Trinajstić information content (AvgIpc) is 2.44. The highest BCUT2D eigenvalue weighted by atomic mass is 32.2. The minimum atomic E-state index is -6.12. The lowest BCUT2D eigenvalue weighted by Gasteiger charge is -2.14. The summed E-state index contributed by atoms with van der Waals surface area (Å²) in [5.74, 6) is -2.90. The van der Waals surface area contributed by atoms with E-state index in [-0.39, 0.29) is 10.8 Å². The van der Waals surface area contributed by atoms with Gasteiger partial charge in [0.15, 0.2) is 5.75 Å². The van der Waals surface area contributed by atoms with Crippen LogP contribution in [0.1, 0.15) is 15.9 Å². The predicted molar refractivity (Wildman–Crippen MR) is 71.2 cm³/mol. The second kappa shape index (κ2) is 5.44. The number of nitrogens with zero attached hydrogens (tertiary/aromatic N) is 1. The highest BCUT2D eigenvalue weighted by Crippen LogP contribution is 2.35. The van der Waals surface area contributed by atoms with Crippen molar-refractivity contribution < 1.29 is 35.7 Å². The minimum absolute atomic E-state index is 0.0635. The molecule has 0 atom stereocenters. The molecular formula is C13H6F3NO5S. The molecule has 1 N–H and O–H groups in total. The van der Waals surface area contributed by atoms with Gasteiger partial charge in [-0.05, 0) is 11.5 Å². The van der Waals surface area contributed by atoms with Crippen LogP contribution in [-0.4, -0.2) is 25.0 Å². The molecule has 2 aromatic carbocycles. The van der Waals surface area contributed by atoms with Crippen molar-refractivity contribution in [3.63, 3.8) is 0 Å². The molecule has 2 rings (SSSR count). The van der Waals surface area contributed by atoms with Crippen molar-refractivity contribution in [2.75, 3.05) is 0 Å². The normalized spacial score (nSPS) is 11.9. The van der Waals surface area contributed by atoms with Gasteiger partial charge in [-0.3, -0.25) is 0 Å². The molecule has 0 saturated carbocycles. The SMILES string of the molecule is N#Cc1cc2ccccc2c(C(=O)O)c1OS(=O)(=O)C(F)(F)F. The number of carboxylic acids is 1. The quantitative estimate of drug-likeness (QED) is 0.677. The first-order chi connectivity index (χ1) is 10.6. The number of nitriles is 1. The third kappa shape index (κ3) is 2.91. The Hall–Kier alpha value is -2.80. The first kappa shape index (κ1) is 16.6. The number of alkyl halides is 3. The van der Waals surface area contributed by atoms with E-state index in [1.165, 1.54) is 30.3 Å². The van der Waals surface area contributed by atoms with Crippen molar-refractivity contribution in [1.82, 2.24) is 0 Å². The van der Waals surface area contributed by atoms with Crippen LogP contribution in [0.3, 0.4) is 0 Å². The zero-order valence-corrected chi connectivity index (χ0v) is 11.8. The third-order valence-electron chi connectivity index (χ3n) is 2.81. The van der Waals surface area contributed by atoms with E-state index in [0.717, 1.165) is 6.07 Å². The zero-order valence-electron chi connectivity index (χ0n) is 11.0. The lowest BCUT2D eigenvalue weighted by atomic mass is 10.00. The van der Waals surface area contributed by atoms with E-state index in [1.807, 2.05) is 0 Å². The Labute approximate surface area is 127 Å². The van der Waals surface area contributed by atoms with E-state index in [0.29, 0.717) is 0 Å². The summed E-state index contributed by atoms with van der Waals surface area (Å²) in [5.41, 5.74) is -7.25. The fourth-order valence-corrected chi connectivity index (χ4v) is 2.35. The van der Waals surface area contributed by atoms with Gasteiger partial charge in [0, 0.05) is 5.39 Å². The van der Waals surface area contributed by atoms with Crippen molar-refractivity contribution in [3.8, 4) is 11.8 Å². The Kier molecular flexibility index (Phi) is 3.92. The minimum Gasteiger partial charge on any atom is -0.478 e. The smallest absolute Gasteiger partial charge is 0.478 e. The number of hydrogen-bond acceptors (Lipinski definition) is 5. The molecule has 0 aliphatic heterocycles. The van der Waals surface area contributed by atoms with E-state index in [9.17, 15) is 31.5 Å². The second-order valence-electron chi connectivity index (χ2n) is 4.25. The van der Waals surface area contributed by atoms with Crippen molar-refractivity contribution in [3.05, 3.63) is 41.5 Å². The lowest BCUT2D eigenvalue weighted by Crippen LogP contribution is -2.29. The van der Waals surface area contributed by atoms with E-state index < -0.39 is 38.5 Å². The molecule has 23 heavy (non-hydrogen) atoms. The highest BCUT2D eigenvalue weighted by molar-refractivity contribution is 7.88. The maximum absolute atomic E-state index is 12.5. The number of carbonyl (C=O) groups is 1. The molecule has 0 aromatic heterocycles. The van der Waals surface area contributed by atoms with Gasteiger partial charge in [-0.2, -0.15) is 26.9 Å². The molecule has 0 heterocycles. The number of aromatic carboxylic acids is 1. The molecule has 120 valence electrons. The van der Waals surface area contributed by atoms with Crippen LogP contribution in [0.5, 0.6) is 5.75 Å². The molecule has 10 heteroatoms. The van der Waals surface area contributed by atoms with Crippen LogP contribution in [0.15, 0.2) is 30.3 Å². The summed E-state index contributed by atoms with van der Waals surface area (Å²) in [6.45, 7) is 0. The molecule has 0 radical (unpaired) electrons. The summed E-state index contributed by atoms with van der Waals surface area (Å²) in [4.78, 5) is 11.4. The van der Waals surface area contributed by atoms with Crippen LogP contribution in [0.25, 0.3) is 10.8 Å². The summed E-state index contributed by atoms with van der Waals surface area (Å²) in [7, 11) is -6.12. The standard InChI is InChI=1S/C13H6F3NO5S/c14-13(15,16)23(20,21)22-11-8(6-17)5-7-3-1-2-4-9(7)10(11)12(18)19/h1-5H,(H,18,19). The molecule has 0 spiro atoms. The molecular weight excluding hydrogens is 339 g/mol. The Bertz CT molecular complexity index is 944. The largest absolute Gasteiger partial charge is 0.534 e. The summed E-state index contributed by atoms with van der Waals surface area (Å²) < 4.78 is 63.6. The highest BCUT2D eigenvalue weighted by Gasteiger charge is 2.49. The fourth-order valence-electron chi connectivity index (χ4n) is 1.87. The lowest BCUT2D eigenvalue weighted by molar-refractivity contribution is -0.0500. The van der Waals surface area contributed by atoms with Crippen LogP contribution >= 0.6 is 0 Å². The number of hydrogen-bond donors (Lipinski definition) is 1. The van der Waals surface area contributed by atoms with E-state index in [2.05, 4.69) is 4.18 Å². The van der Waals surface area contributed by atoms with Gasteiger partial charge in [-0.25, -0.2) is 4.79 Å². The second-order valence-corrected chi connectivity index (χ2v) is 5.79. The van der Waals surface area contributed by atoms with Crippen LogP contribution in [0.2, 0.25) is 0 Å². The number of rotatable bonds is 3. The third-order valence-corrected chi connectivity index (χ3v) is 3.77. The van der Waals surface area contributed by atoms with Gasteiger partial charge in [0.25, 0.3) is 0 Å². The molecule has 0 aliphatic carbocycles. The molecule has 0 aliphatic rings. The summed E-state index contributed by atoms with van der Waals surface area (Å²) in [5, 5.41) is 18.4. The van der Waals surface area contributed by atoms with Crippen molar-refractivity contribution in [1.29, 1.82) is 5.26 Å². The van der Waals surface area contributed by atoms with Gasteiger partial charge in [0.1, 0.15) is 11.6 Å². The Morgan fingerprint density at radius 2 is 1.87 bits per heavy atom. The maximum atomic E-state index is 12.5. The molecule has 0 unspecified atom stereocenters. The molecule has 0 bridgehead atoms. The van der Waals surface area contributed by atoms with Gasteiger partial charge < -0.3 is 9.29 Å². The fraction of sp³-hybridized carbons (Fsp3) is 0.0769. The van der Waals surface area contributed by atoms with Crippen molar-refractivity contribution in [2.45, 2.75) is 5.51 Å². The summed E-state index contributed by atoms with van der Waals surface area (Å²) in [6.07, 6.45) is 0. The van der Waals surface area contributed by atoms with E-state index >= 15 is 0 Å². The monoisotopic (exact) mass is 345 g/mol. The van der Waals surface area contributed by atoms with Gasteiger partial charge in [-0.1, -0.05) is 24.3 Å². The molecule has 6 nitrogen and oxygen atoms in total. The Morgan fingerprint density at radius 3 is 2.39 bits per heavy atom. The van der Waals surface area contributed by atoms with E-state index in [1.54, 1.807) is 0 Å². The first-order valence-electron chi connectivity index (χ1n) is 5.78. The number of halogens is 3. The van der Waals surface area contributed by atoms with Crippen LogP contribution in [0.4, 0.5) is 13.2 Å². The molecule has 0 amide bonds. The summed E-state index contributed by atoms with van der Waals surface area (Å²) in [6, 6.07) is 8.08. The van der Waals surface area contributed by atoms with Crippen LogP contribution in [-0.2, 0) is 10.1 Å². The Balaban J connectivity index is 2.85. The molecule has 0 fully saturated rings. The van der Waals surface area contributed by atoms with Gasteiger partial charge in [0.2, 0.25) is 0 Å². The first-order valence-corrected chi connectivity index (χ1v) is 7.19. The van der Waals surface area contributed by atoms with Crippen LogP contribution < -0.4 is 4.18 Å². The average molecular weight is 345 g/mol. The topological polar surface area (TPSA) is 104 Å². The molecule has 0 saturated heterocycles. The predicted octanol–water partition coefficient (Wildman–Crippen LogP) is 2.64. The number of fused-ring (bicyclic) bond motifs is 1. The van der Waals surface area contributed by atoms with Crippen molar-refractivity contribution in [2.24, 2.45) is 0 Å². The van der Waals surface area contributed by atoms with Gasteiger partial charge in [-0.15, -0.1) is 0 Å². The van der Waals surface area contributed by atoms with Crippen molar-refractivity contribution >= 4 is 26.9 Å². The molecule has 2 aromatic rings. The van der Waals surface area contributed by atoms with Gasteiger partial charge in [0.05, 0.1) is 5.56 Å².